The van der Waals surface area contributed by atoms with Crippen molar-refractivity contribution in [1.29, 1.82) is 0 Å². The lowest BCUT2D eigenvalue weighted by molar-refractivity contribution is 0.441. The number of rotatable bonds is 4. The van der Waals surface area contributed by atoms with Crippen molar-refractivity contribution in [1.82, 2.24) is 0 Å². The number of phenolic OH excluding ortho intramolecular Hbond substituents is 3. The van der Waals surface area contributed by atoms with Crippen molar-refractivity contribution in [2.45, 2.75) is 118 Å². The summed E-state index contributed by atoms with van der Waals surface area (Å²) < 4.78 is 0. The van der Waals surface area contributed by atoms with Crippen molar-refractivity contribution in [3.8, 4) is 17.2 Å². The average Bonchev–Trinajstić information content (AvgIpc) is 2.74. The Morgan fingerprint density at radius 1 is 0.436 bits per heavy atom. The Morgan fingerprint density at radius 2 is 0.667 bits per heavy atom. The van der Waals surface area contributed by atoms with Crippen LogP contribution in [0.25, 0.3) is 0 Å². The van der Waals surface area contributed by atoms with E-state index in [9.17, 15) is 15.3 Å². The van der Waals surface area contributed by atoms with Gasteiger partial charge < -0.3 is 15.3 Å². The highest BCUT2D eigenvalue weighted by Gasteiger charge is 2.41. The van der Waals surface area contributed by atoms with Crippen LogP contribution in [0.2, 0.25) is 0 Å². The molecule has 0 aliphatic carbocycles. The molecule has 0 unspecified atom stereocenters. The molecule has 3 N–H and O–H groups in total. The zero-order valence-electron chi connectivity index (χ0n) is 26.5. The first-order valence-electron chi connectivity index (χ1n) is 14.2. The van der Waals surface area contributed by atoms with Gasteiger partial charge in [-0.2, -0.15) is 0 Å². The van der Waals surface area contributed by atoms with Crippen molar-refractivity contribution in [3.05, 3.63) is 86.5 Å². The number of aryl methyl sites for hydroxylation is 3. The molecule has 0 saturated carbocycles. The number of aromatic hydroxyl groups is 3. The van der Waals surface area contributed by atoms with Gasteiger partial charge in [0.15, 0.2) is 0 Å². The Kier molecular flexibility index (Phi) is 7.78. The molecule has 0 bridgehead atoms. The summed E-state index contributed by atoms with van der Waals surface area (Å²) in [5, 5.41) is 33.1. The van der Waals surface area contributed by atoms with Crippen LogP contribution in [0.3, 0.4) is 0 Å². The van der Waals surface area contributed by atoms with Crippen molar-refractivity contribution >= 4 is 0 Å². The largest absolute Gasteiger partial charge is 0.508 e. The second-order valence-electron chi connectivity index (χ2n) is 14.6. The van der Waals surface area contributed by atoms with Crippen molar-refractivity contribution in [2.24, 2.45) is 0 Å². The molecule has 0 radical (unpaired) electrons. The molecule has 0 atom stereocenters. The Balaban J connectivity index is 2.66. The molecule has 3 aromatic rings. The predicted molar refractivity (Wildman–Crippen MR) is 165 cm³/mol. The minimum absolute atomic E-state index is 0.257. The van der Waals surface area contributed by atoms with Gasteiger partial charge in [-0.05, 0) is 112 Å². The van der Waals surface area contributed by atoms with Crippen LogP contribution in [-0.2, 0) is 21.7 Å². The molecule has 0 amide bonds. The fraction of sp³-hybridized carbons (Fsp3) is 0.500. The Labute approximate surface area is 236 Å². The topological polar surface area (TPSA) is 60.7 Å². The van der Waals surface area contributed by atoms with Gasteiger partial charge in [0, 0.05) is 5.41 Å². The second-order valence-corrected chi connectivity index (χ2v) is 14.6. The molecule has 3 nitrogen and oxygen atoms in total. The van der Waals surface area contributed by atoms with Crippen LogP contribution in [0, 0.1) is 20.8 Å². The minimum atomic E-state index is -0.590. The maximum atomic E-state index is 11.0. The number of phenols is 3. The van der Waals surface area contributed by atoms with E-state index in [4.69, 9.17) is 0 Å². The zero-order chi connectivity index (χ0) is 29.9. The first-order chi connectivity index (χ1) is 17.7. The SMILES string of the molecule is CCC(c1cc(C(C)(C)C)c(O)cc1C)(c1cc(C(C)(C)C)c(O)cc1C)c1cc(C(C)(C)C)c(O)cc1C. The molecular formula is C36H50O3. The quantitative estimate of drug-likeness (QED) is 0.294. The maximum absolute atomic E-state index is 11.0. The lowest BCUT2D eigenvalue weighted by atomic mass is 9.62. The van der Waals surface area contributed by atoms with Gasteiger partial charge in [-0.25, -0.2) is 0 Å². The highest BCUT2D eigenvalue weighted by molar-refractivity contribution is 5.63. The van der Waals surface area contributed by atoms with Crippen molar-refractivity contribution in [2.75, 3.05) is 0 Å². The van der Waals surface area contributed by atoms with E-state index >= 15 is 0 Å². The van der Waals surface area contributed by atoms with Gasteiger partial charge in [0.25, 0.3) is 0 Å². The fourth-order valence-electron chi connectivity index (χ4n) is 6.27. The first-order valence-corrected chi connectivity index (χ1v) is 14.2. The van der Waals surface area contributed by atoms with Crippen LogP contribution in [0.1, 0.15) is 126 Å². The van der Waals surface area contributed by atoms with E-state index in [1.165, 1.54) is 0 Å². The lowest BCUT2D eigenvalue weighted by Crippen LogP contribution is -2.33. The molecule has 0 aromatic heterocycles. The molecule has 0 saturated heterocycles. The number of hydrogen-bond acceptors (Lipinski definition) is 3. The van der Waals surface area contributed by atoms with Crippen LogP contribution >= 0.6 is 0 Å². The Hall–Kier alpha value is -2.94. The van der Waals surface area contributed by atoms with Crippen LogP contribution in [-0.4, -0.2) is 15.3 Å². The summed E-state index contributed by atoms with van der Waals surface area (Å²) in [5.74, 6) is 0.929. The molecule has 0 spiro atoms. The van der Waals surface area contributed by atoms with Crippen LogP contribution in [0.5, 0.6) is 17.2 Å². The van der Waals surface area contributed by atoms with Gasteiger partial charge in [0.05, 0.1) is 0 Å². The average molecular weight is 531 g/mol. The molecule has 39 heavy (non-hydrogen) atoms. The normalized spacial score (nSPS) is 13.2. The van der Waals surface area contributed by atoms with E-state index in [-0.39, 0.29) is 16.2 Å². The minimum Gasteiger partial charge on any atom is -0.508 e. The van der Waals surface area contributed by atoms with E-state index in [1.807, 2.05) is 18.2 Å². The molecule has 0 aliphatic heterocycles. The summed E-state index contributed by atoms with van der Waals surface area (Å²) in [6, 6.07) is 12.3. The summed E-state index contributed by atoms with van der Waals surface area (Å²) in [4.78, 5) is 0. The van der Waals surface area contributed by atoms with Crippen molar-refractivity contribution < 1.29 is 15.3 Å². The summed E-state index contributed by atoms with van der Waals surface area (Å²) in [6.07, 6.45) is 0.757. The van der Waals surface area contributed by atoms with Crippen molar-refractivity contribution in [3.63, 3.8) is 0 Å². The van der Waals surface area contributed by atoms with Gasteiger partial charge in [-0.3, -0.25) is 0 Å². The third-order valence-corrected chi connectivity index (χ3v) is 8.36. The fourth-order valence-corrected chi connectivity index (χ4v) is 6.27. The van der Waals surface area contributed by atoms with E-state index in [1.54, 1.807) is 0 Å². The predicted octanol–water partition coefficient (Wildman–Crippen LogP) is 9.37. The van der Waals surface area contributed by atoms with E-state index in [0.717, 1.165) is 56.5 Å². The smallest absolute Gasteiger partial charge is 0.119 e. The first kappa shape index (κ1) is 30.6. The summed E-state index contributed by atoms with van der Waals surface area (Å²) in [6.45, 7) is 27.6. The van der Waals surface area contributed by atoms with Crippen LogP contribution < -0.4 is 0 Å². The lowest BCUT2D eigenvalue weighted by Gasteiger charge is -2.41. The molecule has 0 fully saturated rings. The molecular weight excluding hydrogens is 480 g/mol. The van der Waals surface area contributed by atoms with Gasteiger partial charge in [0.2, 0.25) is 0 Å². The van der Waals surface area contributed by atoms with Gasteiger partial charge >= 0.3 is 0 Å². The second kappa shape index (κ2) is 9.91. The highest BCUT2D eigenvalue weighted by atomic mass is 16.3. The van der Waals surface area contributed by atoms with Crippen LogP contribution in [0.15, 0.2) is 36.4 Å². The van der Waals surface area contributed by atoms with Gasteiger partial charge in [-0.1, -0.05) is 87.4 Å². The van der Waals surface area contributed by atoms with E-state index in [2.05, 4.69) is 108 Å². The Morgan fingerprint density at radius 3 is 0.846 bits per heavy atom. The monoisotopic (exact) mass is 530 g/mol. The molecule has 0 aliphatic rings. The maximum Gasteiger partial charge on any atom is 0.119 e. The number of hydrogen-bond donors (Lipinski definition) is 3. The van der Waals surface area contributed by atoms with Crippen LogP contribution in [0.4, 0.5) is 0 Å². The third-order valence-electron chi connectivity index (χ3n) is 8.36. The summed E-state index contributed by atoms with van der Waals surface area (Å²) in [7, 11) is 0. The Bertz CT molecular complexity index is 1220. The van der Waals surface area contributed by atoms with E-state index < -0.39 is 5.41 Å². The molecule has 3 rings (SSSR count). The zero-order valence-corrected chi connectivity index (χ0v) is 26.5. The standard InChI is InChI=1S/C36H50O3/c1-14-36(24-18-27(33(5,6)7)30(37)15-21(24)2,25-19-28(34(8,9)10)31(38)16-22(25)3)26-20-29(35(11,12)13)32(39)17-23(26)4/h15-20,37-39H,14H2,1-13H3. The molecule has 0 heterocycles. The number of benzene rings is 3. The highest BCUT2D eigenvalue weighted by Crippen LogP contribution is 2.51. The van der Waals surface area contributed by atoms with E-state index in [0.29, 0.717) is 17.2 Å². The third kappa shape index (κ3) is 5.42. The molecule has 3 heteroatoms. The molecule has 3 aromatic carbocycles. The summed E-state index contributed by atoms with van der Waals surface area (Å²) in [5.41, 5.74) is 7.79. The molecule has 212 valence electrons. The summed E-state index contributed by atoms with van der Waals surface area (Å²) >= 11 is 0. The van der Waals surface area contributed by atoms with Gasteiger partial charge in [-0.15, -0.1) is 0 Å². The van der Waals surface area contributed by atoms with Gasteiger partial charge in [0.1, 0.15) is 17.2 Å².